The first-order valence-corrected chi connectivity index (χ1v) is 8.59. The van der Waals surface area contributed by atoms with E-state index >= 15 is 0 Å². The minimum Gasteiger partial charge on any atom is -0.372 e. The first-order valence-electron chi connectivity index (χ1n) is 8.59. The normalized spacial score (nSPS) is 26.3. The summed E-state index contributed by atoms with van der Waals surface area (Å²) in [7, 11) is 0. The Balaban J connectivity index is 1.50. The Hall–Kier alpha value is -2.34. The van der Waals surface area contributed by atoms with Crippen molar-refractivity contribution in [1.29, 1.82) is 5.26 Å². The van der Waals surface area contributed by atoms with Crippen LogP contribution in [0.2, 0.25) is 0 Å². The molecule has 1 saturated heterocycles. The zero-order valence-electron chi connectivity index (χ0n) is 14.1. The Labute approximate surface area is 149 Å². The highest BCUT2D eigenvalue weighted by Gasteiger charge is 2.35. The van der Waals surface area contributed by atoms with Crippen LogP contribution in [0.5, 0.6) is 0 Å². The summed E-state index contributed by atoms with van der Waals surface area (Å²) in [6, 6.07) is 5.13. The second-order valence-electron chi connectivity index (χ2n) is 6.85. The number of hydrogen-bond acceptors (Lipinski definition) is 5. The highest BCUT2D eigenvalue weighted by molar-refractivity contribution is 5.36. The number of aromatic amines is 1. The van der Waals surface area contributed by atoms with E-state index < -0.39 is 23.8 Å². The number of benzene rings is 1. The van der Waals surface area contributed by atoms with Gasteiger partial charge >= 0.3 is 0 Å². The van der Waals surface area contributed by atoms with Crippen molar-refractivity contribution in [3.63, 3.8) is 0 Å². The molecule has 0 amide bonds. The largest absolute Gasteiger partial charge is 0.372 e. The van der Waals surface area contributed by atoms with Crippen LogP contribution in [0, 0.1) is 23.0 Å². The van der Waals surface area contributed by atoms with Crippen molar-refractivity contribution in [3.05, 3.63) is 52.3 Å². The molecule has 8 heteroatoms. The number of nitriles is 1. The van der Waals surface area contributed by atoms with Crippen LogP contribution in [0.1, 0.15) is 41.5 Å². The van der Waals surface area contributed by atoms with Gasteiger partial charge in [0.1, 0.15) is 23.8 Å². The molecule has 6 nitrogen and oxygen atoms in total. The summed E-state index contributed by atoms with van der Waals surface area (Å²) in [6.07, 6.45) is 0.661. The number of H-pyrrole nitrogens is 1. The van der Waals surface area contributed by atoms with Gasteiger partial charge in [-0.15, -0.1) is 0 Å². The number of nitrogens with two attached hydrogens (primary N) is 1. The van der Waals surface area contributed by atoms with E-state index in [4.69, 9.17) is 15.7 Å². The molecular formula is C18H19F2N5O. The van der Waals surface area contributed by atoms with Crippen molar-refractivity contribution >= 4 is 0 Å². The van der Waals surface area contributed by atoms with Gasteiger partial charge in [0.05, 0.1) is 5.69 Å². The van der Waals surface area contributed by atoms with Gasteiger partial charge in [-0.1, -0.05) is 0 Å². The van der Waals surface area contributed by atoms with E-state index in [9.17, 15) is 8.78 Å². The first kappa shape index (κ1) is 17.1. The zero-order chi connectivity index (χ0) is 18.3. The number of fused-ring (bicyclic) bond motifs is 1. The van der Waals surface area contributed by atoms with E-state index in [1.165, 1.54) is 0 Å². The third-order valence-corrected chi connectivity index (χ3v) is 5.24. The zero-order valence-corrected chi connectivity index (χ0v) is 14.1. The van der Waals surface area contributed by atoms with Crippen LogP contribution in [0.15, 0.2) is 18.2 Å². The molecule has 136 valence electrons. The van der Waals surface area contributed by atoms with Crippen LogP contribution < -0.4 is 5.73 Å². The average Bonchev–Trinajstić information content (AvgIpc) is 3.14. The van der Waals surface area contributed by atoms with Crippen molar-refractivity contribution in [3.8, 4) is 6.07 Å². The maximum atomic E-state index is 14.1. The maximum Gasteiger partial charge on any atom is 0.167 e. The van der Waals surface area contributed by atoms with Crippen LogP contribution in [-0.4, -0.2) is 33.8 Å². The molecule has 0 radical (unpaired) electrons. The van der Waals surface area contributed by atoms with E-state index in [1.54, 1.807) is 0 Å². The standard InChI is InChI=1S/C18H19F2N5O/c19-10-1-2-14(20)12(5-10)18-15(22)6-11(3-4-26-18)25-8-13-16(7-21)23-24-17(13)9-25/h1-2,5,11,15,18H,3-4,6,8-9,22H2,(H,23,24)/t11-,15+,18-/m1/s1. The molecule has 0 spiro atoms. The lowest BCUT2D eigenvalue weighted by Gasteiger charge is -2.28. The molecule has 2 aliphatic rings. The number of halogens is 2. The van der Waals surface area contributed by atoms with Gasteiger partial charge in [0, 0.05) is 42.9 Å². The van der Waals surface area contributed by atoms with Gasteiger partial charge in [-0.25, -0.2) is 8.78 Å². The van der Waals surface area contributed by atoms with E-state index in [0.29, 0.717) is 31.8 Å². The highest BCUT2D eigenvalue weighted by Crippen LogP contribution is 2.33. The molecule has 0 unspecified atom stereocenters. The fourth-order valence-electron chi connectivity index (χ4n) is 3.91. The van der Waals surface area contributed by atoms with E-state index in [2.05, 4.69) is 21.2 Å². The monoisotopic (exact) mass is 359 g/mol. The topological polar surface area (TPSA) is 91.0 Å². The summed E-state index contributed by atoms with van der Waals surface area (Å²) in [5, 5.41) is 16.0. The summed E-state index contributed by atoms with van der Waals surface area (Å²) < 4.78 is 33.5. The number of aromatic nitrogens is 2. The Morgan fingerprint density at radius 3 is 3.00 bits per heavy atom. The molecule has 4 rings (SSSR count). The van der Waals surface area contributed by atoms with Gasteiger partial charge in [-0.05, 0) is 31.0 Å². The first-order chi connectivity index (χ1) is 12.6. The lowest BCUT2D eigenvalue weighted by atomic mass is 9.96. The van der Waals surface area contributed by atoms with Crippen molar-refractivity contribution in [2.45, 2.75) is 44.1 Å². The van der Waals surface area contributed by atoms with Crippen molar-refractivity contribution in [1.82, 2.24) is 15.1 Å². The molecule has 3 atom stereocenters. The summed E-state index contributed by atoms with van der Waals surface area (Å²) in [4.78, 5) is 2.23. The van der Waals surface area contributed by atoms with Crippen LogP contribution in [0.3, 0.4) is 0 Å². The Bertz CT molecular complexity index is 862. The minimum absolute atomic E-state index is 0.138. The quantitative estimate of drug-likeness (QED) is 0.857. The molecule has 3 N–H and O–H groups in total. The highest BCUT2D eigenvalue weighted by atomic mass is 19.1. The Morgan fingerprint density at radius 2 is 2.19 bits per heavy atom. The number of ether oxygens (including phenoxy) is 1. The number of nitrogens with one attached hydrogen (secondary N) is 1. The van der Waals surface area contributed by atoms with E-state index in [-0.39, 0.29) is 11.6 Å². The molecule has 0 aliphatic carbocycles. The number of hydrogen-bond donors (Lipinski definition) is 2. The molecule has 3 heterocycles. The molecule has 0 saturated carbocycles. The predicted molar refractivity (Wildman–Crippen MR) is 88.6 cm³/mol. The van der Waals surface area contributed by atoms with Gasteiger partial charge in [0.25, 0.3) is 0 Å². The summed E-state index contributed by atoms with van der Waals surface area (Å²) in [6.45, 7) is 1.71. The SMILES string of the molecule is N#Cc1n[nH]c2c1CN([C@@H]1CCO[C@H](c3cc(F)ccc3F)[C@@H](N)C1)C2. The molecule has 26 heavy (non-hydrogen) atoms. The summed E-state index contributed by atoms with van der Waals surface area (Å²) in [5.74, 6) is -1.02. The second kappa shape index (κ2) is 6.76. The van der Waals surface area contributed by atoms with Gasteiger partial charge in [-0.3, -0.25) is 10.00 Å². The molecule has 1 aromatic heterocycles. The van der Waals surface area contributed by atoms with Gasteiger partial charge < -0.3 is 10.5 Å². The van der Waals surface area contributed by atoms with E-state index in [1.807, 2.05) is 0 Å². The van der Waals surface area contributed by atoms with Crippen LogP contribution >= 0.6 is 0 Å². The molecule has 1 fully saturated rings. The molecular weight excluding hydrogens is 340 g/mol. The molecule has 1 aromatic carbocycles. The lowest BCUT2D eigenvalue weighted by Crippen LogP contribution is -2.38. The van der Waals surface area contributed by atoms with Gasteiger partial charge in [0.15, 0.2) is 5.69 Å². The second-order valence-corrected chi connectivity index (χ2v) is 6.85. The van der Waals surface area contributed by atoms with E-state index in [0.717, 1.165) is 35.9 Å². The number of nitrogens with zero attached hydrogens (tertiary/aromatic N) is 3. The lowest BCUT2D eigenvalue weighted by molar-refractivity contribution is 0.0430. The van der Waals surface area contributed by atoms with Crippen LogP contribution in [0.4, 0.5) is 8.78 Å². The molecule has 0 bridgehead atoms. The molecule has 2 aliphatic heterocycles. The Kier molecular flexibility index (Phi) is 4.44. The van der Waals surface area contributed by atoms with Crippen molar-refractivity contribution in [2.24, 2.45) is 5.73 Å². The summed E-state index contributed by atoms with van der Waals surface area (Å²) in [5.41, 5.74) is 8.79. The number of rotatable bonds is 2. The Morgan fingerprint density at radius 1 is 1.35 bits per heavy atom. The molecule has 2 aromatic rings. The van der Waals surface area contributed by atoms with Crippen LogP contribution in [-0.2, 0) is 17.8 Å². The third-order valence-electron chi connectivity index (χ3n) is 5.24. The minimum atomic E-state index is -0.674. The van der Waals surface area contributed by atoms with Crippen molar-refractivity contribution in [2.75, 3.05) is 6.61 Å². The van der Waals surface area contributed by atoms with Gasteiger partial charge in [-0.2, -0.15) is 10.4 Å². The smallest absolute Gasteiger partial charge is 0.167 e. The summed E-state index contributed by atoms with van der Waals surface area (Å²) >= 11 is 0. The van der Waals surface area contributed by atoms with Crippen LogP contribution in [0.25, 0.3) is 0 Å². The van der Waals surface area contributed by atoms with Gasteiger partial charge in [0.2, 0.25) is 0 Å². The van der Waals surface area contributed by atoms with Crippen molar-refractivity contribution < 1.29 is 13.5 Å². The maximum absolute atomic E-state index is 14.1. The average molecular weight is 359 g/mol. The predicted octanol–water partition coefficient (Wildman–Crippen LogP) is 2.12. The fraction of sp³-hybridized carbons (Fsp3) is 0.444. The third kappa shape index (κ3) is 2.98. The fourth-order valence-corrected chi connectivity index (χ4v) is 3.91.